The van der Waals surface area contributed by atoms with Crippen LogP contribution in [0.1, 0.15) is 32.1 Å². The number of amidine groups is 1. The van der Waals surface area contributed by atoms with Gasteiger partial charge in [0.2, 0.25) is 0 Å². The zero-order valence-corrected chi connectivity index (χ0v) is 18.2. The molecule has 1 atom stereocenters. The van der Waals surface area contributed by atoms with Gasteiger partial charge in [0, 0.05) is 17.0 Å². The maximum absolute atomic E-state index is 14.1. The largest absolute Gasteiger partial charge is 0.435 e. The number of carbonyl (C=O) groups is 1. The number of oxime groups is 1. The maximum Gasteiger partial charge on any atom is 0.435 e. The number of nitriles is 1. The van der Waals surface area contributed by atoms with Crippen LogP contribution in [-0.4, -0.2) is 29.4 Å². The summed E-state index contributed by atoms with van der Waals surface area (Å²) < 4.78 is 56.1. The minimum absolute atomic E-state index is 0.0535. The Bertz CT molecular complexity index is 1130. The average molecular weight is 507 g/mol. The quantitative estimate of drug-likeness (QED) is 0.362. The number of hydrogen-bond donors (Lipinski definition) is 1. The molecule has 0 fully saturated rings. The van der Waals surface area contributed by atoms with Gasteiger partial charge in [0.25, 0.3) is 11.5 Å². The van der Waals surface area contributed by atoms with Crippen molar-refractivity contribution in [2.75, 3.05) is 6.54 Å². The molecular formula is C19H12Cl2F4N4O2S. The Hall–Kier alpha value is -2.55. The van der Waals surface area contributed by atoms with Crippen LogP contribution in [0.15, 0.2) is 23.4 Å². The molecule has 0 saturated carbocycles. The van der Waals surface area contributed by atoms with Gasteiger partial charge in [-0.15, -0.1) is 11.3 Å². The van der Waals surface area contributed by atoms with Gasteiger partial charge in [-0.3, -0.25) is 4.79 Å². The van der Waals surface area contributed by atoms with Crippen LogP contribution in [0.4, 0.5) is 17.6 Å². The predicted molar refractivity (Wildman–Crippen MR) is 109 cm³/mol. The zero-order valence-electron chi connectivity index (χ0n) is 15.9. The topological polar surface area (TPSA) is 77.7 Å². The van der Waals surface area contributed by atoms with E-state index in [0.29, 0.717) is 4.88 Å². The number of fused-ring (bicyclic) bond motifs is 1. The van der Waals surface area contributed by atoms with Crippen molar-refractivity contribution in [3.63, 3.8) is 0 Å². The van der Waals surface area contributed by atoms with Crippen molar-refractivity contribution in [3.8, 4) is 6.07 Å². The van der Waals surface area contributed by atoms with Gasteiger partial charge >= 0.3 is 6.18 Å². The SMILES string of the molecule is N#CCNC(=O)c1cc2c(s1)CN(C1=NOC(c3cc(Cl)c(F)c(Cl)c3)(C(F)(F)F)C1)C2. The van der Waals surface area contributed by atoms with Gasteiger partial charge in [-0.2, -0.15) is 18.4 Å². The van der Waals surface area contributed by atoms with Crippen molar-refractivity contribution in [2.24, 2.45) is 5.16 Å². The molecule has 168 valence electrons. The molecule has 0 bridgehead atoms. The van der Waals surface area contributed by atoms with Crippen molar-refractivity contribution in [1.29, 1.82) is 5.26 Å². The number of rotatable bonds is 3. The average Bonchev–Trinajstić information content (AvgIpc) is 3.42. The molecule has 2 aliphatic rings. The number of benzene rings is 1. The Morgan fingerprint density at radius 2 is 2.00 bits per heavy atom. The number of alkyl halides is 3. The fraction of sp³-hybridized carbons (Fsp3) is 0.316. The summed E-state index contributed by atoms with van der Waals surface area (Å²) in [6.45, 7) is 0.351. The first kappa shape index (κ1) is 22.6. The van der Waals surface area contributed by atoms with Gasteiger partial charge in [-0.1, -0.05) is 28.4 Å². The van der Waals surface area contributed by atoms with Crippen LogP contribution in [0.3, 0.4) is 0 Å². The molecule has 0 radical (unpaired) electrons. The third-order valence-electron chi connectivity index (χ3n) is 5.13. The number of carbonyl (C=O) groups excluding carboxylic acids is 1. The van der Waals surface area contributed by atoms with Crippen LogP contribution in [0.25, 0.3) is 0 Å². The molecule has 13 heteroatoms. The first-order valence-electron chi connectivity index (χ1n) is 9.04. The summed E-state index contributed by atoms with van der Waals surface area (Å²) in [6, 6.07) is 5.12. The van der Waals surface area contributed by atoms with Crippen LogP contribution >= 0.6 is 34.5 Å². The van der Waals surface area contributed by atoms with Crippen molar-refractivity contribution in [2.45, 2.75) is 31.3 Å². The Balaban J connectivity index is 1.55. The fourth-order valence-corrected chi connectivity index (χ4v) is 5.11. The minimum Gasteiger partial charge on any atom is -0.372 e. The first-order valence-corrected chi connectivity index (χ1v) is 10.6. The minimum atomic E-state index is -4.89. The predicted octanol–water partition coefficient (Wildman–Crippen LogP) is 4.95. The number of halogens is 6. The Labute approximate surface area is 192 Å². The second kappa shape index (κ2) is 8.10. The number of amides is 1. The number of nitrogens with one attached hydrogen (secondary N) is 1. The molecular weight excluding hydrogens is 495 g/mol. The van der Waals surface area contributed by atoms with E-state index in [-0.39, 0.29) is 31.4 Å². The van der Waals surface area contributed by atoms with E-state index in [9.17, 15) is 22.4 Å². The van der Waals surface area contributed by atoms with Crippen molar-refractivity contribution in [3.05, 3.63) is 54.9 Å². The van der Waals surface area contributed by atoms with E-state index in [1.807, 2.05) is 6.07 Å². The van der Waals surface area contributed by atoms with E-state index in [4.69, 9.17) is 33.3 Å². The molecule has 1 aromatic carbocycles. The monoisotopic (exact) mass is 506 g/mol. The van der Waals surface area contributed by atoms with Crippen LogP contribution in [0.5, 0.6) is 0 Å². The molecule has 2 aliphatic heterocycles. The van der Waals surface area contributed by atoms with Crippen molar-refractivity contribution in [1.82, 2.24) is 10.2 Å². The van der Waals surface area contributed by atoms with Gasteiger partial charge in [-0.05, 0) is 23.8 Å². The second-order valence-corrected chi connectivity index (χ2v) is 9.06. The summed E-state index contributed by atoms with van der Waals surface area (Å²) in [7, 11) is 0. The molecule has 2 aromatic rings. The lowest BCUT2D eigenvalue weighted by Crippen LogP contribution is -2.44. The summed E-state index contributed by atoms with van der Waals surface area (Å²) in [4.78, 5) is 19.8. The Kier molecular flexibility index (Phi) is 5.73. The summed E-state index contributed by atoms with van der Waals surface area (Å²) in [5.74, 6) is -1.36. The molecule has 0 saturated heterocycles. The molecule has 1 aromatic heterocycles. The van der Waals surface area contributed by atoms with E-state index in [0.717, 1.165) is 22.6 Å². The van der Waals surface area contributed by atoms with E-state index in [2.05, 4.69) is 10.5 Å². The molecule has 1 unspecified atom stereocenters. The Morgan fingerprint density at radius 3 is 2.59 bits per heavy atom. The van der Waals surface area contributed by atoms with Crippen LogP contribution in [0, 0.1) is 17.1 Å². The van der Waals surface area contributed by atoms with Gasteiger partial charge in [-0.25, -0.2) is 4.39 Å². The van der Waals surface area contributed by atoms with Gasteiger partial charge < -0.3 is 15.1 Å². The fourth-order valence-electron chi connectivity index (χ4n) is 3.52. The standard InChI is InChI=1S/C19H12Cl2F4N4O2S/c20-11-4-10(5-12(21)16(11)22)18(19(23,24)25)6-15(28-31-18)29-7-9-3-13(32-14(9)8-29)17(30)27-2-1-26/h3-5H,2,6-8H2,(H,27,30). The third kappa shape index (κ3) is 3.76. The highest BCUT2D eigenvalue weighted by Crippen LogP contribution is 2.50. The highest BCUT2D eigenvalue weighted by atomic mass is 35.5. The van der Waals surface area contributed by atoms with Crippen molar-refractivity contribution >= 4 is 46.3 Å². The summed E-state index contributed by atoms with van der Waals surface area (Å²) in [6.07, 6.45) is -5.54. The highest BCUT2D eigenvalue weighted by Gasteiger charge is 2.63. The van der Waals surface area contributed by atoms with E-state index in [1.54, 1.807) is 11.0 Å². The van der Waals surface area contributed by atoms with Gasteiger partial charge in [0.1, 0.15) is 12.4 Å². The third-order valence-corrected chi connectivity index (χ3v) is 6.84. The normalized spacial score (nSPS) is 19.9. The highest BCUT2D eigenvalue weighted by molar-refractivity contribution is 7.14. The first-order chi connectivity index (χ1) is 15.1. The van der Waals surface area contributed by atoms with Crippen LogP contribution in [-0.2, 0) is 23.5 Å². The van der Waals surface area contributed by atoms with Crippen LogP contribution in [0.2, 0.25) is 10.0 Å². The van der Waals surface area contributed by atoms with Crippen LogP contribution < -0.4 is 5.32 Å². The van der Waals surface area contributed by atoms with Gasteiger partial charge in [0.05, 0.1) is 34.0 Å². The molecule has 6 nitrogen and oxygen atoms in total. The number of thiophene rings is 1. The van der Waals surface area contributed by atoms with E-state index in [1.165, 1.54) is 11.3 Å². The molecule has 0 aliphatic carbocycles. The van der Waals surface area contributed by atoms with E-state index < -0.39 is 39.6 Å². The maximum atomic E-state index is 14.1. The number of nitrogens with zero attached hydrogens (tertiary/aromatic N) is 3. The Morgan fingerprint density at radius 1 is 1.31 bits per heavy atom. The molecule has 32 heavy (non-hydrogen) atoms. The summed E-state index contributed by atoms with van der Waals surface area (Å²) >= 11 is 12.6. The smallest absolute Gasteiger partial charge is 0.372 e. The molecule has 1 amide bonds. The lowest BCUT2D eigenvalue weighted by molar-refractivity contribution is -0.275. The molecule has 4 rings (SSSR count). The molecule has 3 heterocycles. The number of hydrogen-bond acceptors (Lipinski definition) is 6. The lowest BCUT2D eigenvalue weighted by atomic mass is 9.89. The lowest BCUT2D eigenvalue weighted by Gasteiger charge is -2.30. The summed E-state index contributed by atoms with van der Waals surface area (Å²) in [5, 5.41) is 13.6. The van der Waals surface area contributed by atoms with Crippen molar-refractivity contribution < 1.29 is 27.2 Å². The van der Waals surface area contributed by atoms with E-state index >= 15 is 0 Å². The van der Waals surface area contributed by atoms with Gasteiger partial charge in [0.15, 0.2) is 5.82 Å². The summed E-state index contributed by atoms with van der Waals surface area (Å²) in [5.41, 5.74) is -2.54. The zero-order chi connectivity index (χ0) is 23.3. The second-order valence-electron chi connectivity index (χ2n) is 7.11. The molecule has 0 spiro atoms. The molecule has 1 N–H and O–H groups in total.